The number of sulfonamides is 1. The number of methoxy groups -OCH3 is 2. The molecule has 26 heavy (non-hydrogen) atoms. The van der Waals surface area contributed by atoms with Crippen LogP contribution in [0.2, 0.25) is 0 Å². The molecule has 1 saturated heterocycles. The van der Waals surface area contributed by atoms with Crippen molar-refractivity contribution in [1.29, 1.82) is 0 Å². The monoisotopic (exact) mass is 379 g/mol. The van der Waals surface area contributed by atoms with Gasteiger partial charge in [0.1, 0.15) is 11.9 Å². The Morgan fingerprint density at radius 2 is 1.92 bits per heavy atom. The van der Waals surface area contributed by atoms with Crippen LogP contribution in [0, 0.1) is 6.92 Å². The molecule has 1 atom stereocenters. The summed E-state index contributed by atoms with van der Waals surface area (Å²) in [6.45, 7) is 2.46. The lowest BCUT2D eigenvalue weighted by Gasteiger charge is -2.18. The minimum absolute atomic E-state index is 0.248. The summed E-state index contributed by atoms with van der Waals surface area (Å²) in [5.41, 5.74) is 0.771. The molecule has 0 aliphatic carbocycles. The molecule has 0 N–H and O–H groups in total. The first-order chi connectivity index (χ1) is 12.4. The molecule has 9 heteroatoms. The maximum atomic E-state index is 12.9. The van der Waals surface area contributed by atoms with E-state index in [4.69, 9.17) is 14.2 Å². The molecule has 1 unspecified atom stereocenters. The van der Waals surface area contributed by atoms with Gasteiger partial charge in [0.25, 0.3) is 0 Å². The van der Waals surface area contributed by atoms with E-state index in [-0.39, 0.29) is 17.5 Å². The number of rotatable bonds is 6. The standard InChI is InChI=1S/C17H21N3O5S/c1-12-8-14(4-5-15(12)23-2)26(21,22)20-7-6-13(11-20)25-17-10-18-9-16(19-17)24-3/h4-5,8-10,13H,6-7,11H2,1-3H3. The van der Waals surface area contributed by atoms with E-state index in [1.165, 1.54) is 23.8 Å². The molecule has 0 bridgehead atoms. The van der Waals surface area contributed by atoms with Crippen molar-refractivity contribution in [3.8, 4) is 17.5 Å². The van der Waals surface area contributed by atoms with Gasteiger partial charge in [-0.15, -0.1) is 0 Å². The maximum Gasteiger partial charge on any atom is 0.243 e. The van der Waals surface area contributed by atoms with Crippen molar-refractivity contribution < 1.29 is 22.6 Å². The van der Waals surface area contributed by atoms with E-state index in [9.17, 15) is 8.42 Å². The smallest absolute Gasteiger partial charge is 0.243 e. The fraction of sp³-hybridized carbons (Fsp3) is 0.412. The van der Waals surface area contributed by atoms with E-state index < -0.39 is 10.0 Å². The van der Waals surface area contributed by atoms with Crippen LogP contribution >= 0.6 is 0 Å². The molecule has 1 fully saturated rings. The van der Waals surface area contributed by atoms with Crippen LogP contribution in [0.5, 0.6) is 17.5 Å². The topological polar surface area (TPSA) is 90.9 Å². The van der Waals surface area contributed by atoms with Gasteiger partial charge in [0.15, 0.2) is 0 Å². The summed E-state index contributed by atoms with van der Waals surface area (Å²) < 4.78 is 43.1. The zero-order chi connectivity index (χ0) is 18.7. The van der Waals surface area contributed by atoms with Gasteiger partial charge in [-0.2, -0.15) is 9.29 Å². The first kappa shape index (κ1) is 18.4. The Labute approximate surface area is 152 Å². The van der Waals surface area contributed by atoms with Gasteiger partial charge >= 0.3 is 0 Å². The molecule has 1 aliphatic heterocycles. The Kier molecular flexibility index (Phi) is 5.28. The molecule has 2 heterocycles. The second kappa shape index (κ2) is 7.46. The van der Waals surface area contributed by atoms with Crippen molar-refractivity contribution in [3.63, 3.8) is 0 Å². The summed E-state index contributed by atoms with van der Waals surface area (Å²) in [5.74, 6) is 1.32. The molecular weight excluding hydrogens is 358 g/mol. The molecule has 2 aromatic rings. The minimum Gasteiger partial charge on any atom is -0.496 e. The lowest BCUT2D eigenvalue weighted by molar-refractivity contribution is 0.203. The minimum atomic E-state index is -3.59. The molecule has 140 valence electrons. The van der Waals surface area contributed by atoms with E-state index in [0.717, 1.165) is 5.56 Å². The molecule has 0 saturated carbocycles. The van der Waals surface area contributed by atoms with Crippen molar-refractivity contribution in [2.45, 2.75) is 24.3 Å². The van der Waals surface area contributed by atoms with Gasteiger partial charge in [0.2, 0.25) is 21.8 Å². The molecule has 0 spiro atoms. The van der Waals surface area contributed by atoms with Crippen LogP contribution in [0.1, 0.15) is 12.0 Å². The third-order valence-corrected chi connectivity index (χ3v) is 6.06. The van der Waals surface area contributed by atoms with Crippen LogP contribution in [-0.2, 0) is 10.0 Å². The summed E-state index contributed by atoms with van der Waals surface area (Å²) in [7, 11) is -0.537. The third kappa shape index (κ3) is 3.73. The van der Waals surface area contributed by atoms with Crippen molar-refractivity contribution in [2.75, 3.05) is 27.3 Å². The van der Waals surface area contributed by atoms with Crippen LogP contribution < -0.4 is 14.2 Å². The molecule has 1 aromatic heterocycles. The Morgan fingerprint density at radius 3 is 2.62 bits per heavy atom. The fourth-order valence-corrected chi connectivity index (χ4v) is 4.40. The van der Waals surface area contributed by atoms with Gasteiger partial charge < -0.3 is 14.2 Å². The number of ether oxygens (including phenoxy) is 3. The van der Waals surface area contributed by atoms with Crippen molar-refractivity contribution in [3.05, 3.63) is 36.2 Å². The van der Waals surface area contributed by atoms with E-state index in [1.54, 1.807) is 25.3 Å². The first-order valence-electron chi connectivity index (χ1n) is 8.11. The highest BCUT2D eigenvalue weighted by atomic mass is 32.2. The number of nitrogens with zero attached hydrogens (tertiary/aromatic N) is 3. The average molecular weight is 379 g/mol. The summed E-state index contributed by atoms with van der Waals surface area (Å²) in [5, 5.41) is 0. The molecule has 0 radical (unpaired) electrons. The highest BCUT2D eigenvalue weighted by molar-refractivity contribution is 7.89. The molecule has 1 aliphatic rings. The fourth-order valence-electron chi connectivity index (χ4n) is 2.83. The van der Waals surface area contributed by atoms with E-state index in [1.807, 2.05) is 6.92 Å². The summed E-state index contributed by atoms with van der Waals surface area (Å²) >= 11 is 0. The average Bonchev–Trinajstić information content (AvgIpc) is 3.11. The van der Waals surface area contributed by atoms with Gasteiger partial charge in [-0.3, -0.25) is 4.98 Å². The Hall–Kier alpha value is -2.39. The second-order valence-corrected chi connectivity index (χ2v) is 7.86. The predicted molar refractivity (Wildman–Crippen MR) is 94.1 cm³/mol. The quantitative estimate of drug-likeness (QED) is 0.753. The van der Waals surface area contributed by atoms with Crippen LogP contribution in [0.25, 0.3) is 0 Å². The first-order valence-corrected chi connectivity index (χ1v) is 9.55. The van der Waals surface area contributed by atoms with Crippen molar-refractivity contribution >= 4 is 10.0 Å². The summed E-state index contributed by atoms with van der Waals surface area (Å²) in [6.07, 6.45) is 3.25. The number of aromatic nitrogens is 2. The van der Waals surface area contributed by atoms with Crippen LogP contribution in [-0.4, -0.2) is 56.1 Å². The largest absolute Gasteiger partial charge is 0.496 e. The molecule has 3 rings (SSSR count). The maximum absolute atomic E-state index is 12.9. The number of hydrogen-bond acceptors (Lipinski definition) is 7. The van der Waals surface area contributed by atoms with E-state index >= 15 is 0 Å². The van der Waals surface area contributed by atoms with E-state index in [0.29, 0.717) is 30.5 Å². The van der Waals surface area contributed by atoms with Crippen molar-refractivity contribution in [2.24, 2.45) is 0 Å². The number of benzene rings is 1. The molecule has 1 aromatic carbocycles. The van der Waals surface area contributed by atoms with Gasteiger partial charge in [0.05, 0.1) is 38.1 Å². The summed E-state index contributed by atoms with van der Waals surface area (Å²) in [4.78, 5) is 8.37. The third-order valence-electron chi connectivity index (χ3n) is 4.20. The Balaban J connectivity index is 1.71. The SMILES string of the molecule is COc1cncc(OC2CCN(S(=O)(=O)c3ccc(OC)c(C)c3)C2)n1. The number of aryl methyl sites for hydroxylation is 1. The van der Waals surface area contributed by atoms with Crippen molar-refractivity contribution in [1.82, 2.24) is 14.3 Å². The van der Waals surface area contributed by atoms with Gasteiger partial charge in [-0.1, -0.05) is 0 Å². The van der Waals surface area contributed by atoms with Crippen LogP contribution in [0.15, 0.2) is 35.5 Å². The lowest BCUT2D eigenvalue weighted by atomic mass is 10.2. The molecule has 0 amide bonds. The Morgan fingerprint density at radius 1 is 1.15 bits per heavy atom. The predicted octanol–water partition coefficient (Wildman–Crippen LogP) is 1.64. The normalized spacial score (nSPS) is 17.9. The Bertz CT molecular complexity index is 888. The second-order valence-electron chi connectivity index (χ2n) is 5.92. The van der Waals surface area contributed by atoms with Gasteiger partial charge in [-0.25, -0.2) is 8.42 Å². The highest BCUT2D eigenvalue weighted by Gasteiger charge is 2.34. The summed E-state index contributed by atoms with van der Waals surface area (Å²) in [6, 6.07) is 4.84. The van der Waals surface area contributed by atoms with Crippen LogP contribution in [0.3, 0.4) is 0 Å². The van der Waals surface area contributed by atoms with Crippen LogP contribution in [0.4, 0.5) is 0 Å². The highest BCUT2D eigenvalue weighted by Crippen LogP contribution is 2.27. The number of hydrogen-bond donors (Lipinski definition) is 0. The van der Waals surface area contributed by atoms with Gasteiger partial charge in [0, 0.05) is 6.54 Å². The van der Waals surface area contributed by atoms with Gasteiger partial charge in [-0.05, 0) is 37.1 Å². The van der Waals surface area contributed by atoms with E-state index in [2.05, 4.69) is 9.97 Å². The lowest BCUT2D eigenvalue weighted by Crippen LogP contribution is -2.31. The molecule has 8 nitrogen and oxygen atoms in total. The molecular formula is C17H21N3O5S. The zero-order valence-electron chi connectivity index (χ0n) is 14.9. The zero-order valence-corrected chi connectivity index (χ0v) is 15.7.